The minimum Gasteiger partial charge on any atom is -0.454 e. The molecule has 2 aliphatic rings. The second-order valence-corrected chi connectivity index (χ2v) is 14.8. The lowest BCUT2D eigenvalue weighted by Gasteiger charge is -2.29. The van der Waals surface area contributed by atoms with Gasteiger partial charge >= 0.3 is 18.2 Å². The first-order valence-corrected chi connectivity index (χ1v) is 19.5. The number of esters is 1. The van der Waals surface area contributed by atoms with E-state index in [-0.39, 0.29) is 53.3 Å². The van der Waals surface area contributed by atoms with E-state index in [4.69, 9.17) is 0 Å². The lowest BCUT2D eigenvalue weighted by atomic mass is 9.91. The van der Waals surface area contributed by atoms with Crippen molar-refractivity contribution in [3.63, 3.8) is 0 Å². The van der Waals surface area contributed by atoms with Crippen LogP contribution in [0.5, 0.6) is 0 Å². The Balaban J connectivity index is 1.15. The van der Waals surface area contributed by atoms with Crippen LogP contribution in [0.4, 0.5) is 23.8 Å². The number of aliphatic hydroxyl groups excluding tert-OH is 2. The minimum atomic E-state index is -5.15. The molecule has 0 saturated heterocycles. The van der Waals surface area contributed by atoms with E-state index in [1.807, 2.05) is 67.6 Å². The number of benzene rings is 2. The summed E-state index contributed by atoms with van der Waals surface area (Å²) in [5.41, 5.74) is 2.78. The minimum absolute atomic E-state index is 0.0214. The molecule has 19 heteroatoms. The highest BCUT2D eigenvalue weighted by Crippen LogP contribution is 2.40. The van der Waals surface area contributed by atoms with Gasteiger partial charge in [0.05, 0.1) is 24.6 Å². The first-order chi connectivity index (χ1) is 28.4. The predicted octanol–water partition coefficient (Wildman–Crippen LogP) is 4.14. The number of aliphatic hydroxyl groups is 2. The summed E-state index contributed by atoms with van der Waals surface area (Å²) in [7, 11) is 0. The van der Waals surface area contributed by atoms with E-state index >= 15 is 0 Å². The molecule has 6 N–H and O–H groups in total. The van der Waals surface area contributed by atoms with Crippen LogP contribution in [-0.4, -0.2) is 101 Å². The third-order valence-corrected chi connectivity index (χ3v) is 10.8. The molecular weight excluding hydrogens is 773 g/mol. The van der Waals surface area contributed by atoms with E-state index in [1.165, 1.54) is 23.4 Å². The molecule has 0 bridgehead atoms. The quantitative estimate of drug-likeness (QED) is 0.0931. The molecule has 0 aliphatic heterocycles. The second kappa shape index (κ2) is 17.8. The summed E-state index contributed by atoms with van der Waals surface area (Å²) in [5, 5.41) is 38.9. The van der Waals surface area contributed by atoms with Crippen LogP contribution in [0.15, 0.2) is 79.4 Å². The van der Waals surface area contributed by atoms with E-state index in [1.54, 1.807) is 4.57 Å². The lowest BCUT2D eigenvalue weighted by molar-refractivity contribution is -0.201. The number of halogens is 3. The van der Waals surface area contributed by atoms with E-state index in [9.17, 15) is 37.8 Å². The van der Waals surface area contributed by atoms with Crippen LogP contribution in [0.1, 0.15) is 84.3 Å². The largest absolute Gasteiger partial charge is 0.490 e. The molecule has 7 rings (SSSR count). The van der Waals surface area contributed by atoms with Crippen molar-refractivity contribution in [2.45, 2.75) is 94.1 Å². The Morgan fingerprint density at radius 1 is 0.898 bits per heavy atom. The van der Waals surface area contributed by atoms with Crippen LogP contribution in [-0.2, 0) is 16.1 Å². The maximum absolute atomic E-state index is 13.9. The highest BCUT2D eigenvalue weighted by Gasteiger charge is 2.45. The molecule has 0 radical (unpaired) electrons. The van der Waals surface area contributed by atoms with E-state index in [0.717, 1.165) is 11.1 Å². The fourth-order valence-corrected chi connectivity index (χ4v) is 7.80. The molecule has 5 aromatic rings. The summed E-state index contributed by atoms with van der Waals surface area (Å²) in [5.74, 6) is -2.85. The highest BCUT2D eigenvalue weighted by atomic mass is 19.4. The molecule has 0 spiro atoms. The van der Waals surface area contributed by atoms with Crippen LogP contribution in [0, 0.1) is 0 Å². The maximum Gasteiger partial charge on any atom is 0.490 e. The molecule has 312 valence electrons. The number of fused-ring (bicyclic) bond motifs is 1. The van der Waals surface area contributed by atoms with Gasteiger partial charge in [-0.05, 0) is 50.2 Å². The normalized spacial score (nSPS) is 21.9. The number of alkyl halides is 3. The topological polar surface area (TPSA) is 210 Å². The van der Waals surface area contributed by atoms with Gasteiger partial charge in [-0.25, -0.2) is 24.5 Å². The van der Waals surface area contributed by atoms with Gasteiger partial charge in [-0.2, -0.15) is 18.3 Å². The molecule has 2 unspecified atom stereocenters. The molecule has 59 heavy (non-hydrogen) atoms. The Hall–Kier alpha value is -6.08. The van der Waals surface area contributed by atoms with Crippen LogP contribution >= 0.6 is 0 Å². The van der Waals surface area contributed by atoms with Crippen LogP contribution < -0.4 is 21.3 Å². The van der Waals surface area contributed by atoms with Gasteiger partial charge < -0.3 is 40.8 Å². The Bertz CT molecular complexity index is 2190. The van der Waals surface area contributed by atoms with E-state index < -0.39 is 49.0 Å². The van der Waals surface area contributed by atoms with Gasteiger partial charge in [0.25, 0.3) is 5.91 Å². The summed E-state index contributed by atoms with van der Waals surface area (Å²) in [6.45, 7) is 2.03. The number of carbonyl (C=O) groups is 3. The Morgan fingerprint density at radius 2 is 1.53 bits per heavy atom. The van der Waals surface area contributed by atoms with Gasteiger partial charge in [0.1, 0.15) is 24.3 Å². The Labute approximate surface area is 336 Å². The summed E-state index contributed by atoms with van der Waals surface area (Å²) in [4.78, 5) is 51.2. The van der Waals surface area contributed by atoms with Gasteiger partial charge in [-0.1, -0.05) is 60.7 Å². The van der Waals surface area contributed by atoms with Crippen molar-refractivity contribution >= 4 is 34.9 Å². The fraction of sp³-hybridized carbons (Fsp3) is 0.425. The van der Waals surface area contributed by atoms with Crippen molar-refractivity contribution in [3.05, 3.63) is 102 Å². The standard InChI is InChI=1S/C40H45F3N10O6/c1-2-44-39(58)49-27-15-13-26(14-16-27)48-37(56)35-50-34(45-19-28(24-9-5-3-6-10-24)25-11-7-4-8-12-25)31-36(51-35)52(22-46-31)29-17-30(33(55)32(29)54)53-20-23(18-47-53)21-59-38(57)40(41,42)43/h3-12,18,20,22,26-30,32-33,54-55H,2,13-17,19,21H2,1H3,(H,48,56)(H2,44,49,58)(H,45,50,51)/t26?,27?,29-,30+,32?,33?/m1/s1. The summed E-state index contributed by atoms with van der Waals surface area (Å²) in [6.07, 6.45) is -1.23. The average Bonchev–Trinajstić information content (AvgIpc) is 3.95. The van der Waals surface area contributed by atoms with Gasteiger partial charge in [0.15, 0.2) is 11.5 Å². The second-order valence-electron chi connectivity index (χ2n) is 14.8. The van der Waals surface area contributed by atoms with Gasteiger partial charge in [0.2, 0.25) is 5.82 Å². The van der Waals surface area contributed by atoms with Gasteiger partial charge in [-0.15, -0.1) is 0 Å². The van der Waals surface area contributed by atoms with Crippen molar-refractivity contribution in [2.24, 2.45) is 0 Å². The SMILES string of the molecule is CCNC(=O)NC1CCC(NC(=O)c2nc(NCC(c3ccccc3)c3ccccc3)c3ncn([C@@H]4C[C@H](n5cc(COC(=O)C(F)(F)F)cn5)C(O)C4O)c3n2)CC1. The first-order valence-electron chi connectivity index (χ1n) is 19.5. The third kappa shape index (κ3) is 9.46. The van der Waals surface area contributed by atoms with Crippen LogP contribution in [0.2, 0.25) is 0 Å². The number of nitrogens with one attached hydrogen (secondary N) is 4. The maximum atomic E-state index is 13.9. The molecule has 16 nitrogen and oxygen atoms in total. The van der Waals surface area contributed by atoms with Gasteiger partial charge in [0, 0.05) is 42.9 Å². The lowest BCUT2D eigenvalue weighted by Crippen LogP contribution is -2.46. The summed E-state index contributed by atoms with van der Waals surface area (Å²) in [6, 6.07) is 17.7. The van der Waals surface area contributed by atoms with Gasteiger partial charge in [-0.3, -0.25) is 9.48 Å². The molecule has 3 heterocycles. The predicted molar refractivity (Wildman–Crippen MR) is 207 cm³/mol. The Morgan fingerprint density at radius 3 is 2.15 bits per heavy atom. The van der Waals surface area contributed by atoms with Crippen molar-refractivity contribution in [1.29, 1.82) is 0 Å². The van der Waals surface area contributed by atoms with Crippen LogP contribution in [0.3, 0.4) is 0 Å². The number of hydrogen-bond acceptors (Lipinski definition) is 11. The Kier molecular flexibility index (Phi) is 12.4. The molecular formula is C40H45F3N10O6. The number of anilines is 1. The number of urea groups is 1. The number of nitrogens with zero attached hydrogens (tertiary/aromatic N) is 6. The number of aromatic nitrogens is 6. The molecule has 2 aromatic carbocycles. The molecule has 3 amide bonds. The number of rotatable bonds is 13. The van der Waals surface area contributed by atoms with Crippen molar-refractivity contribution in [1.82, 2.24) is 45.2 Å². The fourth-order valence-electron chi connectivity index (χ4n) is 7.80. The molecule has 4 atom stereocenters. The number of carbonyl (C=O) groups excluding carboxylic acids is 3. The van der Waals surface area contributed by atoms with E-state index in [2.05, 4.69) is 46.1 Å². The molecule has 2 aliphatic carbocycles. The van der Waals surface area contributed by atoms with Crippen molar-refractivity contribution in [2.75, 3.05) is 18.4 Å². The zero-order valence-corrected chi connectivity index (χ0v) is 32.0. The third-order valence-electron chi connectivity index (χ3n) is 10.8. The van der Waals surface area contributed by atoms with Crippen molar-refractivity contribution < 1.29 is 42.5 Å². The van der Waals surface area contributed by atoms with Crippen molar-refractivity contribution in [3.8, 4) is 0 Å². The smallest absolute Gasteiger partial charge is 0.454 e. The number of hydrogen-bond donors (Lipinski definition) is 6. The number of amides is 3. The number of ether oxygens (including phenoxy) is 1. The van der Waals surface area contributed by atoms with Crippen LogP contribution in [0.25, 0.3) is 11.2 Å². The average molecular weight is 819 g/mol. The molecule has 3 aromatic heterocycles. The summed E-state index contributed by atoms with van der Waals surface area (Å²) >= 11 is 0. The number of imidazole rings is 1. The monoisotopic (exact) mass is 818 g/mol. The zero-order chi connectivity index (χ0) is 41.7. The first kappa shape index (κ1) is 41.1. The molecule has 2 saturated carbocycles. The molecule has 2 fully saturated rings. The zero-order valence-electron chi connectivity index (χ0n) is 32.0. The highest BCUT2D eigenvalue weighted by molar-refractivity contribution is 5.94. The summed E-state index contributed by atoms with van der Waals surface area (Å²) < 4.78 is 45.2. The van der Waals surface area contributed by atoms with E-state index in [0.29, 0.717) is 44.3 Å².